The Kier molecular flexibility index (Phi) is 3.52. The van der Waals surface area contributed by atoms with Crippen molar-refractivity contribution >= 4 is 11.8 Å². The van der Waals surface area contributed by atoms with Gasteiger partial charge < -0.3 is 5.73 Å². The van der Waals surface area contributed by atoms with Gasteiger partial charge in [-0.25, -0.2) is 0 Å². The number of hydrogen-bond acceptors (Lipinski definition) is 3. The van der Waals surface area contributed by atoms with Gasteiger partial charge in [-0.15, -0.1) is 0 Å². The summed E-state index contributed by atoms with van der Waals surface area (Å²) < 4.78 is 0. The molecule has 2 N–H and O–H groups in total. The Morgan fingerprint density at radius 3 is 2.62 bits per heavy atom. The fraction of sp³-hybridized carbons (Fsp3) is 1.00. The molecule has 0 amide bonds. The standard InChI is InChI=1S/C10H20N2S/c11-9-2-1-3-10(8-9)12-4-6-13-7-5-12/h9-10H,1-8,11H2. The van der Waals surface area contributed by atoms with Crippen molar-refractivity contribution in [3.8, 4) is 0 Å². The van der Waals surface area contributed by atoms with Crippen LogP contribution in [0.3, 0.4) is 0 Å². The molecular formula is C10H20N2S. The van der Waals surface area contributed by atoms with E-state index in [1.807, 2.05) is 0 Å². The van der Waals surface area contributed by atoms with Crippen molar-refractivity contribution < 1.29 is 0 Å². The SMILES string of the molecule is NC1CCCC(N2CCSCC2)C1. The van der Waals surface area contributed by atoms with Crippen LogP contribution in [0.15, 0.2) is 0 Å². The lowest BCUT2D eigenvalue weighted by Gasteiger charge is -2.38. The summed E-state index contributed by atoms with van der Waals surface area (Å²) in [5, 5.41) is 0. The number of nitrogens with zero attached hydrogens (tertiary/aromatic N) is 1. The molecule has 2 unspecified atom stereocenters. The Morgan fingerprint density at radius 1 is 1.15 bits per heavy atom. The van der Waals surface area contributed by atoms with E-state index in [2.05, 4.69) is 16.7 Å². The molecule has 1 aliphatic heterocycles. The minimum atomic E-state index is 0.480. The first kappa shape index (κ1) is 9.81. The average molecular weight is 200 g/mol. The molecule has 0 aromatic carbocycles. The second-order valence-electron chi connectivity index (χ2n) is 4.23. The highest BCUT2D eigenvalue weighted by Gasteiger charge is 2.25. The van der Waals surface area contributed by atoms with Crippen molar-refractivity contribution in [2.75, 3.05) is 24.6 Å². The first-order valence-electron chi connectivity index (χ1n) is 5.43. The lowest BCUT2D eigenvalue weighted by Crippen LogP contribution is -2.46. The normalized spacial score (nSPS) is 37.6. The Balaban J connectivity index is 1.83. The van der Waals surface area contributed by atoms with Crippen molar-refractivity contribution in [1.29, 1.82) is 0 Å². The first-order valence-corrected chi connectivity index (χ1v) is 6.59. The first-order chi connectivity index (χ1) is 6.36. The van der Waals surface area contributed by atoms with Crippen LogP contribution in [0.5, 0.6) is 0 Å². The summed E-state index contributed by atoms with van der Waals surface area (Å²) in [6, 6.07) is 1.29. The van der Waals surface area contributed by atoms with E-state index in [0.29, 0.717) is 6.04 Å². The third-order valence-electron chi connectivity index (χ3n) is 3.25. The largest absolute Gasteiger partial charge is 0.328 e. The summed E-state index contributed by atoms with van der Waals surface area (Å²) in [5.74, 6) is 2.65. The van der Waals surface area contributed by atoms with Gasteiger partial charge in [0.15, 0.2) is 0 Å². The van der Waals surface area contributed by atoms with E-state index in [4.69, 9.17) is 5.73 Å². The minimum absolute atomic E-state index is 0.480. The molecule has 0 aromatic heterocycles. The third kappa shape index (κ3) is 2.61. The van der Waals surface area contributed by atoms with Gasteiger partial charge in [0.1, 0.15) is 0 Å². The summed E-state index contributed by atoms with van der Waals surface area (Å²) in [6.45, 7) is 2.59. The van der Waals surface area contributed by atoms with Crippen molar-refractivity contribution in [3.63, 3.8) is 0 Å². The predicted octanol–water partition coefficient (Wildman–Crippen LogP) is 1.31. The van der Waals surface area contributed by atoms with Crippen LogP contribution in [-0.2, 0) is 0 Å². The zero-order valence-corrected chi connectivity index (χ0v) is 9.06. The van der Waals surface area contributed by atoms with Crippen molar-refractivity contribution in [3.05, 3.63) is 0 Å². The maximum Gasteiger partial charge on any atom is 0.0111 e. The maximum atomic E-state index is 6.00. The zero-order valence-electron chi connectivity index (χ0n) is 8.24. The molecule has 76 valence electrons. The average Bonchev–Trinajstić information content (AvgIpc) is 2.19. The molecule has 1 heterocycles. The summed E-state index contributed by atoms with van der Waals surface area (Å²) in [7, 11) is 0. The van der Waals surface area contributed by atoms with Crippen LogP contribution in [-0.4, -0.2) is 41.6 Å². The van der Waals surface area contributed by atoms with Crippen LogP contribution in [0.25, 0.3) is 0 Å². The van der Waals surface area contributed by atoms with Crippen molar-refractivity contribution in [2.45, 2.75) is 37.8 Å². The Morgan fingerprint density at radius 2 is 1.92 bits per heavy atom. The highest BCUT2D eigenvalue weighted by atomic mass is 32.2. The molecule has 0 bridgehead atoms. The quantitative estimate of drug-likeness (QED) is 0.692. The molecule has 13 heavy (non-hydrogen) atoms. The summed E-state index contributed by atoms with van der Waals surface area (Å²) in [4.78, 5) is 2.66. The monoisotopic (exact) mass is 200 g/mol. The van der Waals surface area contributed by atoms with E-state index < -0.39 is 0 Å². The van der Waals surface area contributed by atoms with E-state index in [1.165, 1.54) is 50.3 Å². The summed E-state index contributed by atoms with van der Waals surface area (Å²) in [5.41, 5.74) is 6.00. The molecule has 1 saturated carbocycles. The number of thioether (sulfide) groups is 1. The lowest BCUT2D eigenvalue weighted by molar-refractivity contribution is 0.161. The number of rotatable bonds is 1. The second kappa shape index (κ2) is 4.67. The number of nitrogens with two attached hydrogens (primary N) is 1. The van der Waals surface area contributed by atoms with Crippen LogP contribution >= 0.6 is 11.8 Å². The molecule has 2 fully saturated rings. The van der Waals surface area contributed by atoms with Crippen molar-refractivity contribution in [1.82, 2.24) is 4.90 Å². The van der Waals surface area contributed by atoms with Crippen LogP contribution in [0.2, 0.25) is 0 Å². The molecule has 2 nitrogen and oxygen atoms in total. The van der Waals surface area contributed by atoms with Gasteiger partial charge in [-0.1, -0.05) is 6.42 Å². The smallest absolute Gasteiger partial charge is 0.0111 e. The number of hydrogen-bond donors (Lipinski definition) is 1. The van der Waals surface area contributed by atoms with E-state index >= 15 is 0 Å². The van der Waals surface area contributed by atoms with Gasteiger partial charge in [-0.3, -0.25) is 4.90 Å². The van der Waals surface area contributed by atoms with Crippen LogP contribution in [0.4, 0.5) is 0 Å². The van der Waals surface area contributed by atoms with Crippen LogP contribution < -0.4 is 5.73 Å². The summed E-state index contributed by atoms with van der Waals surface area (Å²) in [6.07, 6.45) is 5.22. The molecule has 1 saturated heterocycles. The van der Waals surface area contributed by atoms with E-state index in [9.17, 15) is 0 Å². The van der Waals surface area contributed by atoms with E-state index in [0.717, 1.165) is 6.04 Å². The van der Waals surface area contributed by atoms with Gasteiger partial charge >= 0.3 is 0 Å². The molecule has 2 aliphatic rings. The van der Waals surface area contributed by atoms with Gasteiger partial charge in [0, 0.05) is 36.7 Å². The fourth-order valence-electron chi connectivity index (χ4n) is 2.48. The Labute approximate surface area is 85.2 Å². The fourth-order valence-corrected chi connectivity index (χ4v) is 3.41. The lowest BCUT2D eigenvalue weighted by atomic mass is 9.90. The zero-order chi connectivity index (χ0) is 9.10. The van der Waals surface area contributed by atoms with Crippen molar-refractivity contribution in [2.24, 2.45) is 5.73 Å². The molecular weight excluding hydrogens is 180 g/mol. The van der Waals surface area contributed by atoms with Gasteiger partial charge in [0.05, 0.1) is 0 Å². The molecule has 2 atom stereocenters. The third-order valence-corrected chi connectivity index (χ3v) is 4.19. The maximum absolute atomic E-state index is 6.00. The molecule has 2 rings (SSSR count). The molecule has 0 spiro atoms. The molecule has 3 heteroatoms. The molecule has 0 aromatic rings. The predicted molar refractivity (Wildman–Crippen MR) is 59.1 cm³/mol. The molecule has 0 radical (unpaired) electrons. The van der Waals surface area contributed by atoms with Gasteiger partial charge in [0.2, 0.25) is 0 Å². The van der Waals surface area contributed by atoms with Crippen LogP contribution in [0, 0.1) is 0 Å². The van der Waals surface area contributed by atoms with Gasteiger partial charge in [0.25, 0.3) is 0 Å². The van der Waals surface area contributed by atoms with Gasteiger partial charge in [-0.05, 0) is 19.3 Å². The van der Waals surface area contributed by atoms with Gasteiger partial charge in [-0.2, -0.15) is 11.8 Å². The highest BCUT2D eigenvalue weighted by Crippen LogP contribution is 2.24. The Bertz CT molecular complexity index is 157. The Hall–Kier alpha value is 0.270. The van der Waals surface area contributed by atoms with Crippen LogP contribution in [0.1, 0.15) is 25.7 Å². The summed E-state index contributed by atoms with van der Waals surface area (Å²) >= 11 is 2.09. The topological polar surface area (TPSA) is 29.3 Å². The van der Waals surface area contributed by atoms with E-state index in [-0.39, 0.29) is 0 Å². The molecule has 1 aliphatic carbocycles. The minimum Gasteiger partial charge on any atom is -0.328 e. The second-order valence-corrected chi connectivity index (χ2v) is 5.45. The highest BCUT2D eigenvalue weighted by molar-refractivity contribution is 7.99. The van der Waals surface area contributed by atoms with E-state index in [1.54, 1.807) is 0 Å².